The van der Waals surface area contributed by atoms with E-state index < -0.39 is 5.60 Å². The lowest BCUT2D eigenvalue weighted by Crippen LogP contribution is -2.36. The quantitative estimate of drug-likeness (QED) is 0.665. The Bertz CT molecular complexity index is 673. The standard InChI is InChI=1S/C19H20O2/c1-4-13-19(21,17-12-8-6-10-15(17)3)18(20)16-11-7-5-9-14(16)2/h4-12,21H,1,13H2,2-3H3. The van der Waals surface area contributed by atoms with Gasteiger partial charge in [-0.15, -0.1) is 6.58 Å². The van der Waals surface area contributed by atoms with Gasteiger partial charge in [-0.3, -0.25) is 4.79 Å². The maximum Gasteiger partial charge on any atom is 0.199 e. The molecule has 1 N–H and O–H groups in total. The molecular weight excluding hydrogens is 260 g/mol. The molecule has 0 aliphatic rings. The number of aryl methyl sites for hydroxylation is 2. The molecule has 2 aromatic rings. The number of hydrogen-bond donors (Lipinski definition) is 1. The molecule has 0 bridgehead atoms. The number of hydrogen-bond acceptors (Lipinski definition) is 2. The van der Waals surface area contributed by atoms with E-state index in [9.17, 15) is 9.90 Å². The number of benzene rings is 2. The van der Waals surface area contributed by atoms with Crippen LogP contribution in [0.15, 0.2) is 61.2 Å². The van der Waals surface area contributed by atoms with Crippen LogP contribution in [0.3, 0.4) is 0 Å². The van der Waals surface area contributed by atoms with Gasteiger partial charge >= 0.3 is 0 Å². The third-order valence-corrected chi connectivity index (χ3v) is 3.80. The Morgan fingerprint density at radius 2 is 1.67 bits per heavy atom. The summed E-state index contributed by atoms with van der Waals surface area (Å²) in [5, 5.41) is 11.1. The monoisotopic (exact) mass is 280 g/mol. The lowest BCUT2D eigenvalue weighted by Gasteiger charge is -2.28. The molecule has 0 saturated heterocycles. The van der Waals surface area contributed by atoms with Crippen LogP contribution in [0.2, 0.25) is 0 Å². The molecule has 0 fully saturated rings. The van der Waals surface area contributed by atoms with Gasteiger partial charge in [0.1, 0.15) is 0 Å². The third-order valence-electron chi connectivity index (χ3n) is 3.80. The van der Waals surface area contributed by atoms with Gasteiger partial charge in [0.15, 0.2) is 11.4 Å². The van der Waals surface area contributed by atoms with E-state index in [-0.39, 0.29) is 12.2 Å². The van der Waals surface area contributed by atoms with E-state index >= 15 is 0 Å². The summed E-state index contributed by atoms with van der Waals surface area (Å²) in [5.41, 5.74) is 1.37. The Morgan fingerprint density at radius 1 is 1.10 bits per heavy atom. The molecule has 108 valence electrons. The molecule has 2 heteroatoms. The van der Waals surface area contributed by atoms with E-state index in [1.165, 1.54) is 0 Å². The Kier molecular flexibility index (Phi) is 4.39. The molecule has 0 radical (unpaired) electrons. The van der Waals surface area contributed by atoms with Crippen LogP contribution in [0.5, 0.6) is 0 Å². The van der Waals surface area contributed by atoms with E-state index in [2.05, 4.69) is 6.58 Å². The van der Waals surface area contributed by atoms with Crippen LogP contribution in [0.4, 0.5) is 0 Å². The molecule has 1 unspecified atom stereocenters. The minimum atomic E-state index is -1.57. The van der Waals surface area contributed by atoms with Gasteiger partial charge in [-0.2, -0.15) is 0 Å². The second-order valence-electron chi connectivity index (χ2n) is 5.31. The Balaban J connectivity index is 2.58. The number of ketones is 1. The summed E-state index contributed by atoms with van der Waals surface area (Å²) in [6.45, 7) is 7.46. The lowest BCUT2D eigenvalue weighted by molar-refractivity contribution is 0.0309. The Labute approximate surface area is 125 Å². The molecule has 21 heavy (non-hydrogen) atoms. The maximum atomic E-state index is 12.9. The number of carbonyl (C=O) groups excluding carboxylic acids is 1. The highest BCUT2D eigenvalue weighted by molar-refractivity contribution is 6.04. The molecule has 0 aliphatic heterocycles. The zero-order chi connectivity index (χ0) is 15.5. The van der Waals surface area contributed by atoms with Crippen LogP contribution in [-0.4, -0.2) is 10.9 Å². The van der Waals surface area contributed by atoms with Crippen molar-refractivity contribution in [3.63, 3.8) is 0 Å². The SMILES string of the molecule is C=CCC(O)(C(=O)c1ccccc1C)c1ccccc1C. The smallest absolute Gasteiger partial charge is 0.199 e. The highest BCUT2D eigenvalue weighted by atomic mass is 16.3. The summed E-state index contributed by atoms with van der Waals surface area (Å²) in [6, 6.07) is 14.7. The highest BCUT2D eigenvalue weighted by Gasteiger charge is 2.38. The fourth-order valence-corrected chi connectivity index (χ4v) is 2.62. The largest absolute Gasteiger partial charge is 0.377 e. The van der Waals surface area contributed by atoms with Crippen molar-refractivity contribution in [3.8, 4) is 0 Å². The predicted octanol–water partition coefficient (Wildman–Crippen LogP) is 3.95. The zero-order valence-electron chi connectivity index (χ0n) is 12.5. The molecule has 0 spiro atoms. The fourth-order valence-electron chi connectivity index (χ4n) is 2.62. The molecule has 0 amide bonds. The van der Waals surface area contributed by atoms with Gasteiger partial charge in [0.25, 0.3) is 0 Å². The van der Waals surface area contributed by atoms with Crippen LogP contribution < -0.4 is 0 Å². The van der Waals surface area contributed by atoms with Crippen molar-refractivity contribution in [1.82, 2.24) is 0 Å². The second-order valence-corrected chi connectivity index (χ2v) is 5.31. The first-order valence-corrected chi connectivity index (χ1v) is 7.00. The molecule has 0 aliphatic carbocycles. The van der Waals surface area contributed by atoms with Gasteiger partial charge in [0, 0.05) is 12.0 Å². The third kappa shape index (κ3) is 2.81. The average Bonchev–Trinajstić information content (AvgIpc) is 2.47. The first-order chi connectivity index (χ1) is 10.0. The molecule has 0 aromatic heterocycles. The van der Waals surface area contributed by atoms with Crippen molar-refractivity contribution in [2.45, 2.75) is 25.9 Å². The number of carbonyl (C=O) groups is 1. The number of aliphatic hydroxyl groups is 1. The van der Waals surface area contributed by atoms with E-state index in [0.29, 0.717) is 11.1 Å². The van der Waals surface area contributed by atoms with Gasteiger partial charge in [-0.1, -0.05) is 54.6 Å². The van der Waals surface area contributed by atoms with Gasteiger partial charge in [0.2, 0.25) is 0 Å². The molecule has 0 heterocycles. The van der Waals surface area contributed by atoms with Crippen LogP contribution >= 0.6 is 0 Å². The maximum absolute atomic E-state index is 12.9. The summed E-state index contributed by atoms with van der Waals surface area (Å²) in [4.78, 5) is 12.9. The fraction of sp³-hybridized carbons (Fsp3) is 0.211. The van der Waals surface area contributed by atoms with Gasteiger partial charge in [-0.25, -0.2) is 0 Å². The van der Waals surface area contributed by atoms with Crippen molar-refractivity contribution in [3.05, 3.63) is 83.4 Å². The number of Topliss-reactive ketones (excluding diaryl/α,β-unsaturated/α-hetero) is 1. The van der Waals surface area contributed by atoms with Gasteiger partial charge < -0.3 is 5.11 Å². The zero-order valence-corrected chi connectivity index (χ0v) is 12.5. The van der Waals surface area contributed by atoms with Crippen LogP contribution in [0.1, 0.15) is 33.5 Å². The molecule has 0 saturated carbocycles. The summed E-state index contributed by atoms with van der Waals surface area (Å²) in [7, 11) is 0. The second kappa shape index (κ2) is 6.06. The average molecular weight is 280 g/mol. The number of rotatable bonds is 5. The van der Waals surface area contributed by atoms with Crippen molar-refractivity contribution in [1.29, 1.82) is 0 Å². The Morgan fingerprint density at radius 3 is 2.24 bits per heavy atom. The molecular formula is C19H20O2. The Hall–Kier alpha value is -2.19. The lowest BCUT2D eigenvalue weighted by atomic mass is 9.80. The van der Waals surface area contributed by atoms with Crippen LogP contribution in [-0.2, 0) is 5.60 Å². The van der Waals surface area contributed by atoms with E-state index in [0.717, 1.165) is 11.1 Å². The van der Waals surface area contributed by atoms with Gasteiger partial charge in [0.05, 0.1) is 0 Å². The first-order valence-electron chi connectivity index (χ1n) is 7.00. The van der Waals surface area contributed by atoms with Crippen molar-refractivity contribution < 1.29 is 9.90 Å². The van der Waals surface area contributed by atoms with Crippen molar-refractivity contribution in [2.75, 3.05) is 0 Å². The minimum Gasteiger partial charge on any atom is -0.377 e. The van der Waals surface area contributed by atoms with Crippen molar-refractivity contribution in [2.24, 2.45) is 0 Å². The predicted molar refractivity (Wildman–Crippen MR) is 85.4 cm³/mol. The summed E-state index contributed by atoms with van der Waals surface area (Å²) in [5.74, 6) is -0.283. The first kappa shape index (κ1) is 15.2. The normalized spacial score (nSPS) is 13.5. The van der Waals surface area contributed by atoms with Gasteiger partial charge in [-0.05, 0) is 30.5 Å². The molecule has 2 rings (SSSR count). The van der Waals surface area contributed by atoms with Crippen LogP contribution in [0.25, 0.3) is 0 Å². The van der Waals surface area contributed by atoms with Crippen LogP contribution in [0, 0.1) is 13.8 Å². The topological polar surface area (TPSA) is 37.3 Å². The molecule has 2 nitrogen and oxygen atoms in total. The van der Waals surface area contributed by atoms with E-state index in [1.54, 1.807) is 18.2 Å². The minimum absolute atomic E-state index is 0.186. The molecule has 2 aromatic carbocycles. The van der Waals surface area contributed by atoms with E-state index in [4.69, 9.17) is 0 Å². The summed E-state index contributed by atoms with van der Waals surface area (Å²) < 4.78 is 0. The van der Waals surface area contributed by atoms with E-state index in [1.807, 2.05) is 50.2 Å². The highest BCUT2D eigenvalue weighted by Crippen LogP contribution is 2.32. The summed E-state index contributed by atoms with van der Waals surface area (Å²) >= 11 is 0. The summed E-state index contributed by atoms with van der Waals surface area (Å²) in [6.07, 6.45) is 1.77. The molecule has 1 atom stereocenters. The van der Waals surface area contributed by atoms with Crippen molar-refractivity contribution >= 4 is 5.78 Å².